The van der Waals surface area contributed by atoms with Crippen LogP contribution >= 0.6 is 0 Å². The summed E-state index contributed by atoms with van der Waals surface area (Å²) in [5.74, 6) is -0.484. The highest BCUT2D eigenvalue weighted by molar-refractivity contribution is 5.77. The van der Waals surface area contributed by atoms with Crippen molar-refractivity contribution >= 4 is 5.97 Å². The average molecular weight is 340 g/mol. The summed E-state index contributed by atoms with van der Waals surface area (Å²) in [6.45, 7) is 6.41. The summed E-state index contributed by atoms with van der Waals surface area (Å²) < 4.78 is 0. The lowest BCUT2D eigenvalue weighted by Crippen LogP contribution is -2.40. The van der Waals surface area contributed by atoms with Gasteiger partial charge in [-0.1, -0.05) is 30.3 Å². The van der Waals surface area contributed by atoms with E-state index in [4.69, 9.17) is 0 Å². The normalized spacial score (nSPS) is 26.8. The van der Waals surface area contributed by atoms with E-state index in [2.05, 4.69) is 32.1 Å². The lowest BCUT2D eigenvalue weighted by atomic mass is 9.81. The highest BCUT2D eigenvalue weighted by atomic mass is 16.4. The van der Waals surface area contributed by atoms with Gasteiger partial charge in [-0.05, 0) is 18.6 Å². The van der Waals surface area contributed by atoms with E-state index >= 15 is 0 Å². The van der Waals surface area contributed by atoms with Crippen molar-refractivity contribution in [3.05, 3.63) is 53.3 Å². The molecule has 2 N–H and O–H groups in total. The number of carboxylic acids is 1. The van der Waals surface area contributed by atoms with E-state index in [1.54, 1.807) is 0 Å². The number of rotatable bonds is 5. The number of H-pyrrole nitrogens is 1. The van der Waals surface area contributed by atoms with Gasteiger partial charge in [0.15, 0.2) is 0 Å². The molecule has 0 radical (unpaired) electrons. The van der Waals surface area contributed by atoms with Crippen molar-refractivity contribution in [2.24, 2.45) is 11.3 Å². The second-order valence-electron chi connectivity index (χ2n) is 7.53. The number of likely N-dealkylation sites (tertiary alicyclic amines) is 2. The predicted molar refractivity (Wildman–Crippen MR) is 93.9 cm³/mol. The maximum Gasteiger partial charge on any atom is 0.312 e. The van der Waals surface area contributed by atoms with E-state index < -0.39 is 11.4 Å². The number of hydrogen-bond donors (Lipinski definition) is 2. The molecule has 2 aliphatic rings. The number of carboxylic acid groups (broad SMARTS) is 1. The fraction of sp³-hybridized carbons (Fsp3) is 0.474. The molecule has 0 amide bonds. The standard InChI is InChI=1S/C19H24N4O2/c1-14-7-17(21-20-14)11-23-10-16-9-22(8-15-5-3-2-4-6-15)12-19(16,13-23)18(24)25/h2-7,16H,8-13H2,1H3,(H,20,21)(H,24,25)/t16-,19-/m0/s1. The van der Waals surface area contributed by atoms with Crippen molar-refractivity contribution in [2.45, 2.75) is 20.0 Å². The van der Waals surface area contributed by atoms with Crippen molar-refractivity contribution in [1.82, 2.24) is 20.0 Å². The molecule has 1 aromatic heterocycles. The fourth-order valence-corrected chi connectivity index (χ4v) is 4.44. The zero-order valence-electron chi connectivity index (χ0n) is 14.5. The average Bonchev–Trinajstić information content (AvgIpc) is 3.21. The summed E-state index contributed by atoms with van der Waals surface area (Å²) in [6, 6.07) is 12.3. The Morgan fingerprint density at radius 3 is 2.48 bits per heavy atom. The van der Waals surface area contributed by atoms with Crippen LogP contribution in [0.5, 0.6) is 0 Å². The number of benzene rings is 1. The van der Waals surface area contributed by atoms with Crippen molar-refractivity contribution < 1.29 is 9.90 Å². The summed E-state index contributed by atoms with van der Waals surface area (Å²) in [5.41, 5.74) is 2.61. The van der Waals surface area contributed by atoms with E-state index in [0.29, 0.717) is 19.6 Å². The van der Waals surface area contributed by atoms with Crippen molar-refractivity contribution in [3.8, 4) is 0 Å². The first-order valence-corrected chi connectivity index (χ1v) is 8.78. The van der Waals surface area contributed by atoms with Crippen LogP contribution in [0.4, 0.5) is 0 Å². The van der Waals surface area contributed by atoms with E-state index in [9.17, 15) is 9.90 Å². The maximum absolute atomic E-state index is 12.1. The SMILES string of the molecule is Cc1cc(CN2C[C@@H]3CN(Cc4ccccc4)C[C@]3(C(=O)O)C2)n[nH]1. The van der Waals surface area contributed by atoms with Gasteiger partial charge >= 0.3 is 5.97 Å². The van der Waals surface area contributed by atoms with Crippen LogP contribution in [0.3, 0.4) is 0 Å². The molecule has 0 saturated carbocycles. The first-order chi connectivity index (χ1) is 12.0. The molecule has 2 aliphatic heterocycles. The molecule has 6 heteroatoms. The zero-order chi connectivity index (χ0) is 17.4. The number of aliphatic carboxylic acids is 1. The number of nitrogens with one attached hydrogen (secondary N) is 1. The lowest BCUT2D eigenvalue weighted by molar-refractivity contribution is -0.149. The molecule has 4 rings (SSSR count). The zero-order valence-corrected chi connectivity index (χ0v) is 14.5. The van der Waals surface area contributed by atoms with Gasteiger partial charge in [0.05, 0.1) is 11.1 Å². The third-order valence-corrected chi connectivity index (χ3v) is 5.57. The van der Waals surface area contributed by atoms with Crippen LogP contribution in [-0.4, -0.2) is 57.3 Å². The maximum atomic E-state index is 12.1. The highest BCUT2D eigenvalue weighted by Gasteiger charge is 2.57. The molecular weight excluding hydrogens is 316 g/mol. The molecule has 2 fully saturated rings. The van der Waals surface area contributed by atoms with Crippen LogP contribution in [0.1, 0.15) is 17.0 Å². The fourth-order valence-electron chi connectivity index (χ4n) is 4.44. The molecule has 25 heavy (non-hydrogen) atoms. The molecule has 0 unspecified atom stereocenters. The molecule has 1 aromatic carbocycles. The van der Waals surface area contributed by atoms with Crippen LogP contribution in [0.25, 0.3) is 0 Å². The molecule has 0 spiro atoms. The molecular formula is C19H24N4O2. The summed E-state index contributed by atoms with van der Waals surface area (Å²) in [7, 11) is 0. The van der Waals surface area contributed by atoms with Gasteiger partial charge in [0.25, 0.3) is 0 Å². The minimum Gasteiger partial charge on any atom is -0.481 e. The second kappa shape index (κ2) is 6.28. The van der Waals surface area contributed by atoms with E-state index in [-0.39, 0.29) is 5.92 Å². The minimum absolute atomic E-state index is 0.175. The van der Waals surface area contributed by atoms with Gasteiger partial charge in [0, 0.05) is 50.9 Å². The number of carbonyl (C=O) groups is 1. The van der Waals surface area contributed by atoms with Crippen molar-refractivity contribution in [2.75, 3.05) is 26.2 Å². The van der Waals surface area contributed by atoms with Gasteiger partial charge in [-0.15, -0.1) is 0 Å². The molecule has 132 valence electrons. The summed E-state index contributed by atoms with van der Waals surface area (Å²) in [5, 5.41) is 17.2. The number of nitrogens with zero attached hydrogens (tertiary/aromatic N) is 3. The minimum atomic E-state index is -0.659. The third-order valence-electron chi connectivity index (χ3n) is 5.57. The third kappa shape index (κ3) is 3.07. The van der Waals surface area contributed by atoms with Gasteiger partial charge in [-0.2, -0.15) is 5.10 Å². The summed E-state index contributed by atoms with van der Waals surface area (Å²) in [6.07, 6.45) is 0. The monoisotopic (exact) mass is 340 g/mol. The smallest absolute Gasteiger partial charge is 0.312 e. The molecule has 0 bridgehead atoms. The second-order valence-corrected chi connectivity index (χ2v) is 7.53. The lowest BCUT2D eigenvalue weighted by Gasteiger charge is -2.25. The first kappa shape index (κ1) is 16.3. The molecule has 2 aromatic rings. The van der Waals surface area contributed by atoms with E-state index in [1.165, 1.54) is 5.56 Å². The van der Waals surface area contributed by atoms with Crippen LogP contribution in [0.15, 0.2) is 36.4 Å². The molecule has 2 atom stereocenters. The number of fused-ring (bicyclic) bond motifs is 1. The van der Waals surface area contributed by atoms with Gasteiger partial charge in [0.1, 0.15) is 0 Å². The largest absolute Gasteiger partial charge is 0.481 e. The Balaban J connectivity index is 1.45. The van der Waals surface area contributed by atoms with Gasteiger partial charge in [-0.3, -0.25) is 19.7 Å². The number of aryl methyl sites for hydroxylation is 1. The van der Waals surface area contributed by atoms with Crippen molar-refractivity contribution in [1.29, 1.82) is 0 Å². The van der Waals surface area contributed by atoms with Crippen LogP contribution in [-0.2, 0) is 17.9 Å². The Hall–Kier alpha value is -2.18. The topological polar surface area (TPSA) is 72.5 Å². The van der Waals surface area contributed by atoms with Gasteiger partial charge < -0.3 is 5.11 Å². The number of aromatic amines is 1. The van der Waals surface area contributed by atoms with E-state index in [0.717, 1.165) is 31.0 Å². The molecule has 6 nitrogen and oxygen atoms in total. The van der Waals surface area contributed by atoms with Crippen LogP contribution in [0, 0.1) is 18.3 Å². The summed E-state index contributed by atoms with van der Waals surface area (Å²) in [4.78, 5) is 16.7. The molecule has 0 aliphatic carbocycles. The Labute approximate surface area is 147 Å². The number of aromatic nitrogens is 2. The number of hydrogen-bond acceptors (Lipinski definition) is 4. The Bertz CT molecular complexity index is 760. The Morgan fingerprint density at radius 1 is 1.24 bits per heavy atom. The first-order valence-electron chi connectivity index (χ1n) is 8.78. The van der Waals surface area contributed by atoms with Crippen LogP contribution < -0.4 is 0 Å². The van der Waals surface area contributed by atoms with Gasteiger partial charge in [0.2, 0.25) is 0 Å². The molecule has 3 heterocycles. The predicted octanol–water partition coefficient (Wildman–Crippen LogP) is 1.74. The van der Waals surface area contributed by atoms with Gasteiger partial charge in [-0.25, -0.2) is 0 Å². The van der Waals surface area contributed by atoms with E-state index in [1.807, 2.05) is 31.2 Å². The quantitative estimate of drug-likeness (QED) is 0.867. The molecule has 2 saturated heterocycles. The Morgan fingerprint density at radius 2 is 1.92 bits per heavy atom. The van der Waals surface area contributed by atoms with Crippen molar-refractivity contribution in [3.63, 3.8) is 0 Å². The summed E-state index contributed by atoms with van der Waals surface area (Å²) >= 11 is 0. The highest BCUT2D eigenvalue weighted by Crippen LogP contribution is 2.43. The van der Waals surface area contributed by atoms with Crippen LogP contribution in [0.2, 0.25) is 0 Å². The Kier molecular flexibility index (Phi) is 4.09.